The average molecular weight is 1020 g/mol. The fraction of sp³-hybridized carbons (Fsp3) is 0.0417. The Morgan fingerprint density at radius 2 is 0.643 bits per heavy atom. The minimum absolute atomic E-state index is 0. The molecule has 0 unspecified atom stereocenters. The third kappa shape index (κ3) is 13.4. The maximum atomic E-state index is 5.50. The molecule has 0 spiro atoms. The maximum absolute atomic E-state index is 5.50. The summed E-state index contributed by atoms with van der Waals surface area (Å²) in [6.07, 6.45) is 8.25. The Kier molecular flexibility index (Phi) is 22.3. The minimum atomic E-state index is -1.80. The van der Waals surface area contributed by atoms with Crippen molar-refractivity contribution in [2.75, 3.05) is 0 Å². The molecule has 6 aromatic carbocycles. The van der Waals surface area contributed by atoms with Gasteiger partial charge in [0.2, 0.25) is 0 Å². The second-order valence-corrected chi connectivity index (χ2v) is 18.1. The summed E-state index contributed by atoms with van der Waals surface area (Å²) in [6.45, 7) is 0. The van der Waals surface area contributed by atoms with Gasteiger partial charge in [0.15, 0.2) is 0 Å². The summed E-state index contributed by atoms with van der Waals surface area (Å²) in [5.74, 6) is 0.572. The fourth-order valence-electron chi connectivity index (χ4n) is 6.18. The van der Waals surface area contributed by atoms with Gasteiger partial charge >= 0.3 is 29.6 Å². The van der Waals surface area contributed by atoms with E-state index in [2.05, 4.69) is 204 Å². The molecule has 8 aromatic rings. The van der Waals surface area contributed by atoms with Crippen molar-refractivity contribution in [3.8, 4) is 0 Å². The normalized spacial score (nSPS) is 10.1. The Balaban J connectivity index is 0.000000247. The molecule has 276 valence electrons. The van der Waals surface area contributed by atoms with Crippen LogP contribution in [0.1, 0.15) is 11.1 Å². The van der Waals surface area contributed by atoms with Crippen LogP contribution in [0.25, 0.3) is 0 Å². The van der Waals surface area contributed by atoms with Crippen LogP contribution in [0.4, 0.5) is 0 Å². The Bertz CT molecular complexity index is 1990. The molecule has 0 saturated carbocycles. The molecule has 2 aromatic heterocycles. The first-order valence-corrected chi connectivity index (χ1v) is 21.5. The molecule has 0 aliphatic rings. The van der Waals surface area contributed by atoms with Crippen LogP contribution in [0.15, 0.2) is 231 Å². The number of nitrogens with zero attached hydrogens (tertiary/aromatic N) is 2. The van der Waals surface area contributed by atoms with E-state index in [1.807, 2.05) is 24.5 Å². The van der Waals surface area contributed by atoms with Gasteiger partial charge in [-0.2, -0.15) is 0 Å². The molecular formula is C48H42ClI2N2NaP2. The topological polar surface area (TPSA) is 25.8 Å². The number of aromatic nitrogens is 2. The molecule has 0 aliphatic carbocycles. The van der Waals surface area contributed by atoms with Gasteiger partial charge in [0, 0.05) is 30.7 Å². The first-order chi connectivity index (χ1) is 26.3. The van der Waals surface area contributed by atoms with Gasteiger partial charge in [-0.25, -0.2) is 0 Å². The van der Waals surface area contributed by atoms with Crippen LogP contribution in [0.2, 0.25) is 0 Å². The van der Waals surface area contributed by atoms with Crippen LogP contribution < -0.4 is 109 Å². The summed E-state index contributed by atoms with van der Waals surface area (Å²) in [5.41, 5.74) is 2.44. The predicted octanol–water partition coefficient (Wildman–Crippen LogP) is 0.853. The fourth-order valence-corrected chi connectivity index (χ4v) is 12.9. The Morgan fingerprint density at radius 1 is 0.375 bits per heavy atom. The van der Waals surface area contributed by atoms with Crippen molar-refractivity contribution in [3.63, 3.8) is 0 Å². The number of rotatable bonds is 9. The van der Waals surface area contributed by atoms with Crippen LogP contribution in [-0.2, 0) is 12.0 Å². The summed E-state index contributed by atoms with van der Waals surface area (Å²) >= 11 is 5.50. The Morgan fingerprint density at radius 3 is 0.911 bits per heavy atom. The Hall–Kier alpha value is -2.77. The van der Waals surface area contributed by atoms with Crippen LogP contribution in [0.3, 0.4) is 0 Å². The number of hydrogen-bond donors (Lipinski definition) is 0. The average Bonchev–Trinajstić information content (AvgIpc) is 3.26. The molecule has 0 radical (unpaired) electrons. The molecule has 0 saturated heterocycles. The molecule has 0 bridgehead atoms. The zero-order valence-electron chi connectivity index (χ0n) is 31.3. The van der Waals surface area contributed by atoms with Gasteiger partial charge in [-0.1, -0.05) is 146 Å². The summed E-state index contributed by atoms with van der Waals surface area (Å²) in [4.78, 5) is 8.04. The molecular weight excluding hydrogens is 979 g/mol. The summed E-state index contributed by atoms with van der Waals surface area (Å²) < 4.78 is 0. The zero-order valence-corrected chi connectivity index (χ0v) is 40.1. The molecule has 0 N–H and O–H groups in total. The molecule has 0 aliphatic heterocycles. The molecule has 56 heavy (non-hydrogen) atoms. The van der Waals surface area contributed by atoms with E-state index < -0.39 is 15.2 Å². The standard InChI is InChI=1S/C24H21NP.C18H15P.C6H6ClN.2HI.Na/c1-4-10-22(11-5-1)26(23-12-6-2-7-13-23,24-14-8-3-9-15-24)20-21-16-18-25-19-17-21;1-4-10-16(11-5-1)19(17-12-6-2-7-13-17)18-14-8-3-9-15-18;7-5-6-1-3-8-4-2-6;;;/h1-19H,20H2;1-15H;1-4H,5H2;2*1H;/q+1;;;;;+1/p-2. The van der Waals surface area contributed by atoms with Crippen LogP contribution in [-0.4, -0.2) is 9.97 Å². The number of alkyl halides is 1. The molecule has 8 rings (SSSR count). The monoisotopic (exact) mass is 1020 g/mol. The molecule has 0 amide bonds. The third-order valence-electron chi connectivity index (χ3n) is 8.71. The van der Waals surface area contributed by atoms with Crippen molar-refractivity contribution in [1.29, 1.82) is 0 Å². The van der Waals surface area contributed by atoms with E-state index in [0.29, 0.717) is 5.88 Å². The summed E-state index contributed by atoms with van der Waals surface area (Å²) in [6, 6.07) is 73.3. The zero-order chi connectivity index (χ0) is 36.4. The van der Waals surface area contributed by atoms with Gasteiger partial charge in [0.25, 0.3) is 0 Å². The van der Waals surface area contributed by atoms with Gasteiger partial charge in [-0.15, -0.1) is 11.6 Å². The number of halogens is 3. The van der Waals surface area contributed by atoms with Gasteiger partial charge in [-0.3, -0.25) is 9.97 Å². The van der Waals surface area contributed by atoms with E-state index in [4.69, 9.17) is 11.6 Å². The third-order valence-corrected chi connectivity index (χ3v) is 15.8. The second-order valence-electron chi connectivity index (χ2n) is 12.2. The first-order valence-electron chi connectivity index (χ1n) is 17.6. The molecule has 2 nitrogen and oxygen atoms in total. The van der Waals surface area contributed by atoms with Crippen molar-refractivity contribution in [2.24, 2.45) is 0 Å². The molecule has 0 fully saturated rings. The molecule has 8 heteroatoms. The van der Waals surface area contributed by atoms with Gasteiger partial charge in [0.05, 0.1) is 6.16 Å². The van der Waals surface area contributed by atoms with E-state index in [1.54, 1.807) is 12.4 Å². The SMILES string of the molecule is ClCc1ccncc1.[I-].[I-].[Na+].c1ccc(P(c2ccccc2)c2ccccc2)cc1.c1ccc([P+](Cc2ccncc2)(c2ccccc2)c2ccccc2)cc1. The van der Waals surface area contributed by atoms with Crippen molar-refractivity contribution < 1.29 is 77.5 Å². The summed E-state index contributed by atoms with van der Waals surface area (Å²) in [7, 11) is -2.25. The van der Waals surface area contributed by atoms with Crippen molar-refractivity contribution in [1.82, 2.24) is 9.97 Å². The van der Waals surface area contributed by atoms with Gasteiger partial charge in [-0.05, 0) is 95.6 Å². The first kappa shape index (κ1) is 47.6. The van der Waals surface area contributed by atoms with Gasteiger partial charge in [0.1, 0.15) is 23.2 Å². The largest absolute Gasteiger partial charge is 1.00 e. The van der Waals surface area contributed by atoms with E-state index >= 15 is 0 Å². The molecule has 2 heterocycles. The number of hydrogen-bond acceptors (Lipinski definition) is 2. The number of pyridine rings is 2. The van der Waals surface area contributed by atoms with E-state index in [-0.39, 0.29) is 77.5 Å². The van der Waals surface area contributed by atoms with Crippen molar-refractivity contribution >= 4 is 58.6 Å². The predicted molar refractivity (Wildman–Crippen MR) is 232 cm³/mol. The molecule has 0 atom stereocenters. The van der Waals surface area contributed by atoms with Crippen molar-refractivity contribution in [3.05, 3.63) is 242 Å². The second kappa shape index (κ2) is 26.3. The van der Waals surface area contributed by atoms with Gasteiger partial charge < -0.3 is 48.0 Å². The van der Waals surface area contributed by atoms with E-state index in [1.165, 1.54) is 37.4 Å². The maximum Gasteiger partial charge on any atom is 1.00 e. The quantitative estimate of drug-likeness (QED) is 0.0930. The van der Waals surface area contributed by atoms with E-state index in [9.17, 15) is 0 Å². The summed E-state index contributed by atoms with van der Waals surface area (Å²) in [5, 5.41) is 8.43. The Labute approximate surface area is 396 Å². The smallest absolute Gasteiger partial charge is 1.00 e. The number of benzene rings is 6. The van der Waals surface area contributed by atoms with Crippen LogP contribution in [0.5, 0.6) is 0 Å². The van der Waals surface area contributed by atoms with Crippen LogP contribution >= 0.6 is 26.8 Å². The van der Waals surface area contributed by atoms with Crippen molar-refractivity contribution in [2.45, 2.75) is 12.0 Å². The minimum Gasteiger partial charge on any atom is -1.00 e. The van der Waals surface area contributed by atoms with Crippen LogP contribution in [0, 0.1) is 0 Å². The van der Waals surface area contributed by atoms with E-state index in [0.717, 1.165) is 11.7 Å².